The molecule has 1 N–H and O–H groups in total. The second kappa shape index (κ2) is 9.09. The van der Waals surface area contributed by atoms with Gasteiger partial charge in [0.05, 0.1) is 0 Å². The number of hydrogen-bond donors (Lipinski definition) is 1. The third-order valence-electron chi connectivity index (χ3n) is 4.06. The third kappa shape index (κ3) is 5.01. The molecule has 6 nitrogen and oxygen atoms in total. The Morgan fingerprint density at radius 2 is 2.04 bits per heavy atom. The summed E-state index contributed by atoms with van der Waals surface area (Å²) in [5.41, 5.74) is 1.83. The minimum absolute atomic E-state index is 0.245. The lowest BCUT2D eigenvalue weighted by Crippen LogP contribution is -2.26. The monoisotopic (exact) mass is 370 g/mol. The summed E-state index contributed by atoms with van der Waals surface area (Å²) >= 11 is 0. The molecule has 27 heavy (non-hydrogen) atoms. The molecular weight excluding hydrogens is 348 g/mol. The molecule has 3 rings (SSSR count). The van der Waals surface area contributed by atoms with Crippen molar-refractivity contribution in [2.45, 2.75) is 19.4 Å². The van der Waals surface area contributed by atoms with E-state index in [2.05, 4.69) is 0 Å². The van der Waals surface area contributed by atoms with Crippen LogP contribution in [0.3, 0.4) is 0 Å². The Morgan fingerprint density at radius 1 is 1.22 bits per heavy atom. The molecule has 0 aromatic heterocycles. The second-order valence-corrected chi connectivity index (χ2v) is 5.92. The number of carbonyl (C=O) groups is 1. The molecular formula is C21H22O6. The first-order chi connectivity index (χ1) is 13.2. The average Bonchev–Trinajstić information content (AvgIpc) is 3.15. The van der Waals surface area contributed by atoms with Gasteiger partial charge < -0.3 is 24.1 Å². The van der Waals surface area contributed by atoms with Crippen molar-refractivity contribution in [2.75, 3.05) is 20.0 Å². The van der Waals surface area contributed by atoms with Gasteiger partial charge in [0.2, 0.25) is 6.79 Å². The predicted octanol–water partition coefficient (Wildman–Crippen LogP) is 3.54. The van der Waals surface area contributed by atoms with E-state index in [4.69, 9.17) is 24.1 Å². The van der Waals surface area contributed by atoms with Crippen LogP contribution in [-0.2, 0) is 16.0 Å². The van der Waals surface area contributed by atoms with Crippen molar-refractivity contribution >= 4 is 12.0 Å². The van der Waals surface area contributed by atoms with Gasteiger partial charge in [-0.2, -0.15) is 0 Å². The van der Waals surface area contributed by atoms with Gasteiger partial charge in [0.15, 0.2) is 17.6 Å². The molecule has 2 aromatic rings. The van der Waals surface area contributed by atoms with E-state index in [0.717, 1.165) is 22.6 Å². The Morgan fingerprint density at radius 3 is 2.78 bits per heavy atom. The minimum Gasteiger partial charge on any atom is -0.490 e. The van der Waals surface area contributed by atoms with Gasteiger partial charge in [0, 0.05) is 18.6 Å². The van der Waals surface area contributed by atoms with Gasteiger partial charge in [0.25, 0.3) is 0 Å². The van der Waals surface area contributed by atoms with Crippen LogP contribution >= 0.6 is 0 Å². The van der Waals surface area contributed by atoms with Gasteiger partial charge in [-0.25, -0.2) is 4.79 Å². The smallest absolute Gasteiger partial charge is 0.333 e. The highest BCUT2D eigenvalue weighted by Gasteiger charge is 2.18. The maximum absolute atomic E-state index is 11.1. The normalized spacial score (nSPS) is 13.7. The van der Waals surface area contributed by atoms with E-state index in [1.165, 1.54) is 0 Å². The molecule has 142 valence electrons. The molecule has 0 radical (unpaired) electrons. The quantitative estimate of drug-likeness (QED) is 0.728. The number of fused-ring (bicyclic) bond motifs is 1. The molecule has 0 spiro atoms. The number of aliphatic carboxylic acids is 1. The molecule has 1 aliphatic rings. The van der Waals surface area contributed by atoms with Crippen LogP contribution in [0.1, 0.15) is 18.1 Å². The Bertz CT molecular complexity index is 797. The van der Waals surface area contributed by atoms with Crippen molar-refractivity contribution in [2.24, 2.45) is 0 Å². The van der Waals surface area contributed by atoms with Crippen molar-refractivity contribution in [1.29, 1.82) is 0 Å². The fourth-order valence-electron chi connectivity index (χ4n) is 2.76. The molecule has 2 aromatic carbocycles. The summed E-state index contributed by atoms with van der Waals surface area (Å²) in [7, 11) is 0. The maximum Gasteiger partial charge on any atom is 0.333 e. The highest BCUT2D eigenvalue weighted by Crippen LogP contribution is 2.35. The van der Waals surface area contributed by atoms with Crippen LogP contribution in [0.25, 0.3) is 6.08 Å². The fourth-order valence-corrected chi connectivity index (χ4v) is 2.76. The molecule has 0 saturated heterocycles. The van der Waals surface area contributed by atoms with E-state index < -0.39 is 12.1 Å². The zero-order valence-corrected chi connectivity index (χ0v) is 15.1. The molecule has 0 saturated carbocycles. The maximum atomic E-state index is 11.1. The van der Waals surface area contributed by atoms with E-state index in [0.29, 0.717) is 25.4 Å². The second-order valence-electron chi connectivity index (χ2n) is 5.92. The number of carboxylic acids is 1. The summed E-state index contributed by atoms with van der Waals surface area (Å²) in [6.45, 7) is 2.80. The van der Waals surface area contributed by atoms with E-state index in [1.54, 1.807) is 6.92 Å². The molecule has 1 aliphatic heterocycles. The lowest BCUT2D eigenvalue weighted by molar-refractivity contribution is -0.149. The first-order valence-electron chi connectivity index (χ1n) is 8.78. The summed E-state index contributed by atoms with van der Waals surface area (Å²) in [4.78, 5) is 11.1. The number of hydrogen-bond acceptors (Lipinski definition) is 5. The summed E-state index contributed by atoms with van der Waals surface area (Å²) < 4.78 is 21.7. The van der Waals surface area contributed by atoms with Crippen molar-refractivity contribution in [3.63, 3.8) is 0 Å². The van der Waals surface area contributed by atoms with Crippen LogP contribution in [-0.4, -0.2) is 37.2 Å². The summed E-state index contributed by atoms with van der Waals surface area (Å²) in [6, 6.07) is 13.1. The molecule has 6 heteroatoms. The first-order valence-corrected chi connectivity index (χ1v) is 8.78. The number of carboxylic acid groups (broad SMARTS) is 1. The number of para-hydroxylation sites is 1. The lowest BCUT2D eigenvalue weighted by atomic mass is 10.1. The largest absolute Gasteiger partial charge is 0.490 e. The van der Waals surface area contributed by atoms with E-state index in [-0.39, 0.29) is 6.79 Å². The molecule has 0 unspecified atom stereocenters. The van der Waals surface area contributed by atoms with Crippen molar-refractivity contribution in [1.82, 2.24) is 0 Å². The van der Waals surface area contributed by atoms with Crippen LogP contribution in [0.5, 0.6) is 17.2 Å². The summed E-state index contributed by atoms with van der Waals surface area (Å²) in [5, 5.41) is 9.14. The van der Waals surface area contributed by atoms with Crippen LogP contribution in [0.2, 0.25) is 0 Å². The van der Waals surface area contributed by atoms with Gasteiger partial charge in [-0.3, -0.25) is 0 Å². The highest BCUT2D eigenvalue weighted by atomic mass is 16.7. The lowest BCUT2D eigenvalue weighted by Gasteiger charge is -2.12. The zero-order chi connectivity index (χ0) is 19.1. The van der Waals surface area contributed by atoms with Crippen LogP contribution in [0, 0.1) is 0 Å². The fraction of sp³-hybridized carbons (Fsp3) is 0.286. The van der Waals surface area contributed by atoms with Crippen molar-refractivity contribution < 1.29 is 28.8 Å². The summed E-state index contributed by atoms with van der Waals surface area (Å²) in [5.74, 6) is 1.26. The third-order valence-corrected chi connectivity index (χ3v) is 4.06. The molecule has 0 amide bonds. The van der Waals surface area contributed by atoms with Gasteiger partial charge in [-0.1, -0.05) is 30.3 Å². The number of rotatable bonds is 9. The van der Waals surface area contributed by atoms with Gasteiger partial charge in [0.1, 0.15) is 12.4 Å². The molecule has 0 fully saturated rings. The summed E-state index contributed by atoms with van der Waals surface area (Å²) in [6.07, 6.45) is 3.33. The predicted molar refractivity (Wildman–Crippen MR) is 100 cm³/mol. The van der Waals surface area contributed by atoms with Crippen LogP contribution in [0.15, 0.2) is 48.5 Å². The molecule has 1 heterocycles. The van der Waals surface area contributed by atoms with E-state index in [9.17, 15) is 4.79 Å². The van der Waals surface area contributed by atoms with Gasteiger partial charge >= 0.3 is 5.97 Å². The molecule has 0 bridgehead atoms. The van der Waals surface area contributed by atoms with E-state index >= 15 is 0 Å². The van der Waals surface area contributed by atoms with Crippen LogP contribution < -0.4 is 14.2 Å². The standard InChI is InChI=1S/C21H22O6/c1-2-24-19(21(22)23)13-15-8-10-17(11-9-15)25-12-4-6-16-5-3-7-18-20(16)27-14-26-18/h3-11,19H,2,12-14H2,1H3,(H,22,23)/b6-4+/t19-/m0/s1. The first kappa shape index (κ1) is 18.8. The highest BCUT2D eigenvalue weighted by molar-refractivity contribution is 5.72. The topological polar surface area (TPSA) is 74.2 Å². The SMILES string of the molecule is CCO[C@@H](Cc1ccc(OC/C=C/c2cccc3c2OCO3)cc1)C(=O)O. The number of ether oxygens (including phenoxy) is 4. The Labute approximate surface area is 157 Å². The Kier molecular flexibility index (Phi) is 6.33. The molecule has 1 atom stereocenters. The van der Waals surface area contributed by atoms with E-state index in [1.807, 2.05) is 54.6 Å². The average molecular weight is 370 g/mol. The van der Waals surface area contributed by atoms with Crippen molar-refractivity contribution in [3.8, 4) is 17.2 Å². The van der Waals surface area contributed by atoms with Crippen LogP contribution in [0.4, 0.5) is 0 Å². The zero-order valence-electron chi connectivity index (χ0n) is 15.1. The minimum atomic E-state index is -0.955. The van der Waals surface area contributed by atoms with Gasteiger partial charge in [-0.05, 0) is 36.8 Å². The number of benzene rings is 2. The Balaban J connectivity index is 1.52. The Hall–Kier alpha value is -2.99. The van der Waals surface area contributed by atoms with Crippen molar-refractivity contribution in [3.05, 3.63) is 59.7 Å². The molecule has 0 aliphatic carbocycles. The van der Waals surface area contributed by atoms with Gasteiger partial charge in [-0.15, -0.1) is 0 Å².